The number of halogens is 1. The average Bonchev–Trinajstić information content (AvgIpc) is 3.28. The van der Waals surface area contributed by atoms with E-state index in [0.29, 0.717) is 41.4 Å². The third-order valence-electron chi connectivity index (χ3n) is 9.75. The summed E-state index contributed by atoms with van der Waals surface area (Å²) in [6.07, 6.45) is 7.12. The van der Waals surface area contributed by atoms with Crippen LogP contribution in [0.25, 0.3) is 10.9 Å². The number of ether oxygens (including phenoxy) is 1. The van der Waals surface area contributed by atoms with Crippen LogP contribution in [0.3, 0.4) is 0 Å². The second kappa shape index (κ2) is 9.95. The van der Waals surface area contributed by atoms with Crippen LogP contribution >= 0.6 is 11.6 Å². The lowest BCUT2D eigenvalue weighted by Gasteiger charge is -2.29. The highest BCUT2D eigenvalue weighted by molar-refractivity contribution is 6.31. The van der Waals surface area contributed by atoms with Gasteiger partial charge in [0.05, 0.1) is 18.7 Å². The second-order valence-corrected chi connectivity index (χ2v) is 12.6. The Hall–Kier alpha value is -2.87. The van der Waals surface area contributed by atoms with Gasteiger partial charge in [-0.25, -0.2) is 0 Å². The fraction of sp³-hybridized carbons (Fsp3) is 0.600. The smallest absolute Gasteiger partial charge is 0.271 e. The number of hydrogen-bond acceptors (Lipinski definition) is 5. The van der Waals surface area contributed by atoms with Crippen LogP contribution in [0, 0.1) is 23.2 Å². The maximum Gasteiger partial charge on any atom is 0.271 e. The van der Waals surface area contributed by atoms with Crippen molar-refractivity contribution < 1.29 is 23.9 Å². The van der Waals surface area contributed by atoms with E-state index in [1.807, 2.05) is 0 Å². The predicted molar refractivity (Wildman–Crippen MR) is 147 cm³/mol. The first-order valence-corrected chi connectivity index (χ1v) is 14.6. The highest BCUT2D eigenvalue weighted by Gasteiger charge is 2.53. The minimum atomic E-state index is -0.706. The Morgan fingerprint density at radius 1 is 1.23 bits per heavy atom. The van der Waals surface area contributed by atoms with Gasteiger partial charge in [0.1, 0.15) is 23.3 Å². The molecule has 208 valence electrons. The van der Waals surface area contributed by atoms with Crippen molar-refractivity contribution >= 4 is 45.9 Å². The Kier molecular flexibility index (Phi) is 6.72. The molecule has 1 aromatic heterocycles. The number of rotatable bonds is 8. The van der Waals surface area contributed by atoms with Crippen molar-refractivity contribution in [3.05, 3.63) is 28.9 Å². The summed E-state index contributed by atoms with van der Waals surface area (Å²) in [6.45, 7) is 2.29. The largest absolute Gasteiger partial charge is 0.496 e. The van der Waals surface area contributed by atoms with Crippen molar-refractivity contribution in [2.24, 2.45) is 23.2 Å². The Morgan fingerprint density at radius 3 is 2.72 bits per heavy atom. The summed E-state index contributed by atoms with van der Waals surface area (Å²) in [6, 6.07) is 3.84. The molecule has 1 saturated heterocycles. The van der Waals surface area contributed by atoms with E-state index < -0.39 is 12.1 Å². The Bertz CT molecular complexity index is 1350. The SMILES string of the molecule is CCC(=O)[C@H](C[C@@H]1CC2(CC2)CC1=O)NC(=O)[C@@H]1[C@H]2CCC[C@H]2CN1C(=O)c1cc2c(OC)cc(Cl)cc2[nH]1. The molecule has 6 rings (SSSR count). The monoisotopic (exact) mass is 553 g/mol. The quantitative estimate of drug-likeness (QED) is 0.493. The van der Waals surface area contributed by atoms with Crippen molar-refractivity contribution in [2.75, 3.05) is 13.7 Å². The van der Waals surface area contributed by atoms with Gasteiger partial charge in [0.2, 0.25) is 5.91 Å². The van der Waals surface area contributed by atoms with Crippen molar-refractivity contribution in [1.82, 2.24) is 15.2 Å². The minimum absolute atomic E-state index is 0.0579. The normalized spacial score (nSPS) is 27.7. The zero-order chi connectivity index (χ0) is 27.5. The first-order chi connectivity index (χ1) is 18.7. The van der Waals surface area contributed by atoms with E-state index in [0.717, 1.165) is 43.9 Å². The van der Waals surface area contributed by atoms with E-state index in [1.165, 1.54) is 0 Å². The molecule has 2 N–H and O–H groups in total. The number of carbonyl (C=O) groups is 4. The molecule has 4 aliphatic rings. The maximum atomic E-state index is 13.9. The molecule has 0 radical (unpaired) electrons. The number of carbonyl (C=O) groups excluding carboxylic acids is 4. The van der Waals surface area contributed by atoms with Crippen LogP contribution in [0.4, 0.5) is 0 Å². The van der Waals surface area contributed by atoms with Crippen LogP contribution in [0.5, 0.6) is 5.75 Å². The fourth-order valence-corrected chi connectivity index (χ4v) is 7.72. The topological polar surface area (TPSA) is 109 Å². The highest BCUT2D eigenvalue weighted by atomic mass is 35.5. The molecular weight excluding hydrogens is 518 g/mol. The number of nitrogens with zero attached hydrogens (tertiary/aromatic N) is 1. The number of nitrogens with one attached hydrogen (secondary N) is 2. The molecule has 2 amide bonds. The number of methoxy groups -OCH3 is 1. The van der Waals surface area contributed by atoms with E-state index in [4.69, 9.17) is 16.3 Å². The molecule has 0 bridgehead atoms. The molecule has 2 heterocycles. The molecule has 2 aromatic rings. The standard InChI is InChI=1S/C30H36ClN3O5/c1-3-24(35)22(9-17-13-30(7-8-30)14-25(17)36)33-28(37)27-19-6-4-5-16(19)15-34(27)29(38)23-12-20-21(32-23)10-18(31)11-26(20)39-2/h10-12,16-17,19,22,27,32H,3-9,13-15H2,1-2H3,(H,33,37)/t16-,17+,19-,22-,27-/m0/s1. The molecule has 3 saturated carbocycles. The average molecular weight is 554 g/mol. The van der Waals surface area contributed by atoms with Gasteiger partial charge in [-0.3, -0.25) is 19.2 Å². The van der Waals surface area contributed by atoms with E-state index in [1.54, 1.807) is 37.1 Å². The van der Waals surface area contributed by atoms with Crippen LogP contribution in [-0.4, -0.2) is 59.0 Å². The zero-order valence-electron chi connectivity index (χ0n) is 22.6. The third kappa shape index (κ3) is 4.75. The fourth-order valence-electron chi connectivity index (χ4n) is 7.51. The van der Waals surface area contributed by atoms with Gasteiger partial charge in [-0.05, 0) is 74.0 Å². The molecule has 1 aromatic carbocycles. The minimum Gasteiger partial charge on any atom is -0.496 e. The Balaban J connectivity index is 1.24. The van der Waals surface area contributed by atoms with Gasteiger partial charge in [-0.15, -0.1) is 0 Å². The van der Waals surface area contributed by atoms with Gasteiger partial charge < -0.3 is 19.9 Å². The number of H-pyrrole nitrogens is 1. The van der Waals surface area contributed by atoms with Crippen LogP contribution in [0.2, 0.25) is 5.02 Å². The Labute approximate surface area is 233 Å². The summed E-state index contributed by atoms with van der Waals surface area (Å²) in [4.78, 5) is 58.2. The molecule has 4 fully saturated rings. The number of Topliss-reactive ketones (excluding diaryl/α,β-unsaturated/α-hetero) is 2. The molecule has 1 spiro atoms. The third-order valence-corrected chi connectivity index (χ3v) is 9.97. The summed E-state index contributed by atoms with van der Waals surface area (Å²) >= 11 is 6.23. The highest BCUT2D eigenvalue weighted by Crippen LogP contribution is 2.59. The lowest BCUT2D eigenvalue weighted by atomic mass is 9.91. The summed E-state index contributed by atoms with van der Waals surface area (Å²) < 4.78 is 5.45. The van der Waals surface area contributed by atoms with E-state index >= 15 is 0 Å². The van der Waals surface area contributed by atoms with Crippen molar-refractivity contribution in [1.29, 1.82) is 0 Å². The summed E-state index contributed by atoms with van der Waals surface area (Å²) in [5, 5.41) is 4.26. The number of hydrogen-bond donors (Lipinski definition) is 2. The molecule has 39 heavy (non-hydrogen) atoms. The molecular formula is C30H36ClN3O5. The molecule has 0 unspecified atom stereocenters. The lowest BCUT2D eigenvalue weighted by Crippen LogP contribution is -2.53. The van der Waals surface area contributed by atoms with Gasteiger partial charge in [0.15, 0.2) is 5.78 Å². The summed E-state index contributed by atoms with van der Waals surface area (Å²) in [7, 11) is 1.55. The van der Waals surface area contributed by atoms with E-state index in [2.05, 4.69) is 10.3 Å². The van der Waals surface area contributed by atoms with Gasteiger partial charge >= 0.3 is 0 Å². The van der Waals surface area contributed by atoms with Crippen molar-refractivity contribution in [3.63, 3.8) is 0 Å². The molecule has 3 aliphatic carbocycles. The molecule has 1 aliphatic heterocycles. The zero-order valence-corrected chi connectivity index (χ0v) is 23.3. The number of amides is 2. The number of likely N-dealkylation sites (tertiary alicyclic amines) is 1. The molecule has 5 atom stereocenters. The number of fused-ring (bicyclic) bond motifs is 2. The van der Waals surface area contributed by atoms with Gasteiger partial charge in [-0.1, -0.05) is 24.9 Å². The molecule has 8 nitrogen and oxygen atoms in total. The van der Waals surface area contributed by atoms with Gasteiger partial charge in [-0.2, -0.15) is 0 Å². The maximum absolute atomic E-state index is 13.9. The van der Waals surface area contributed by atoms with E-state index in [9.17, 15) is 19.2 Å². The van der Waals surface area contributed by atoms with Crippen molar-refractivity contribution in [2.45, 2.75) is 76.8 Å². The lowest BCUT2D eigenvalue weighted by molar-refractivity contribution is -0.131. The van der Waals surface area contributed by atoms with Crippen LogP contribution in [-0.2, 0) is 14.4 Å². The van der Waals surface area contributed by atoms with Crippen LogP contribution < -0.4 is 10.1 Å². The first-order valence-electron chi connectivity index (χ1n) is 14.2. The first kappa shape index (κ1) is 26.4. The van der Waals surface area contributed by atoms with Crippen molar-refractivity contribution in [3.8, 4) is 5.75 Å². The van der Waals surface area contributed by atoms with Gasteiger partial charge in [0, 0.05) is 35.7 Å². The van der Waals surface area contributed by atoms with E-state index in [-0.39, 0.29) is 53.0 Å². The summed E-state index contributed by atoms with van der Waals surface area (Å²) in [5.74, 6) is 0.321. The predicted octanol–water partition coefficient (Wildman–Crippen LogP) is 4.68. The summed E-state index contributed by atoms with van der Waals surface area (Å²) in [5.41, 5.74) is 1.21. The van der Waals surface area contributed by atoms with Gasteiger partial charge in [0.25, 0.3) is 5.91 Å². The van der Waals surface area contributed by atoms with Crippen LogP contribution in [0.1, 0.15) is 75.2 Å². The number of aromatic amines is 1. The van der Waals surface area contributed by atoms with Crippen LogP contribution in [0.15, 0.2) is 18.2 Å². The number of ketones is 2. The number of aromatic nitrogens is 1. The second-order valence-electron chi connectivity index (χ2n) is 12.2. The molecule has 9 heteroatoms. The Morgan fingerprint density at radius 2 is 2.03 bits per heavy atom. The number of benzene rings is 1.